The second kappa shape index (κ2) is 13.4. The molecule has 1 aromatic heterocycles. The quantitative estimate of drug-likeness (QED) is 0.297. The highest BCUT2D eigenvalue weighted by molar-refractivity contribution is 5.96. The van der Waals surface area contributed by atoms with Gasteiger partial charge in [0, 0.05) is 12.1 Å². The highest BCUT2D eigenvalue weighted by Crippen LogP contribution is 2.25. The first-order valence-corrected chi connectivity index (χ1v) is 12.6. The number of alkyl carbamates (subject to hydrolysis) is 1. The Bertz CT molecular complexity index is 1270. The third-order valence-electron chi connectivity index (χ3n) is 5.42. The summed E-state index contributed by atoms with van der Waals surface area (Å²) in [6.45, 7) is 5.70. The molecule has 1 heterocycles. The normalized spacial score (nSPS) is 11.8. The molecule has 39 heavy (non-hydrogen) atoms. The summed E-state index contributed by atoms with van der Waals surface area (Å²) in [7, 11) is 0. The van der Waals surface area contributed by atoms with E-state index in [4.69, 9.17) is 15.2 Å². The molecular formula is C29H33FN4O5. The Morgan fingerprint density at radius 1 is 0.949 bits per heavy atom. The van der Waals surface area contributed by atoms with Crippen LogP contribution in [0.2, 0.25) is 0 Å². The second-order valence-electron chi connectivity index (χ2n) is 9.84. The predicted molar refractivity (Wildman–Crippen MR) is 145 cm³/mol. The summed E-state index contributed by atoms with van der Waals surface area (Å²) in [5.74, 6) is -0.461. The van der Waals surface area contributed by atoms with Crippen molar-refractivity contribution in [2.45, 2.75) is 51.7 Å². The lowest BCUT2D eigenvalue weighted by atomic mass is 10.1. The molecule has 0 fully saturated rings. The Labute approximate surface area is 226 Å². The van der Waals surface area contributed by atoms with Crippen LogP contribution in [0.4, 0.5) is 9.18 Å². The van der Waals surface area contributed by atoms with E-state index in [1.54, 1.807) is 63.2 Å². The van der Waals surface area contributed by atoms with E-state index >= 15 is 0 Å². The van der Waals surface area contributed by atoms with Gasteiger partial charge in [0.2, 0.25) is 5.91 Å². The first-order valence-electron chi connectivity index (χ1n) is 12.6. The highest BCUT2D eigenvalue weighted by atomic mass is 19.1. The van der Waals surface area contributed by atoms with E-state index in [0.29, 0.717) is 43.0 Å². The number of unbranched alkanes of at least 4 members (excludes halogenated alkanes) is 1. The van der Waals surface area contributed by atoms with Crippen LogP contribution in [0.5, 0.6) is 11.5 Å². The number of carbonyl (C=O) groups excluding carboxylic acids is 3. The number of carbonyl (C=O) groups is 3. The third-order valence-corrected chi connectivity index (χ3v) is 5.42. The van der Waals surface area contributed by atoms with Gasteiger partial charge in [-0.3, -0.25) is 9.59 Å². The number of primary amides is 1. The van der Waals surface area contributed by atoms with Crippen LogP contribution in [0.1, 0.15) is 50.5 Å². The van der Waals surface area contributed by atoms with E-state index in [2.05, 4.69) is 15.6 Å². The predicted octanol–water partition coefficient (Wildman–Crippen LogP) is 4.96. The van der Waals surface area contributed by atoms with Gasteiger partial charge in [0.1, 0.15) is 34.7 Å². The number of aromatic nitrogens is 1. The minimum Gasteiger partial charge on any atom is -0.457 e. The Hall–Kier alpha value is -4.47. The van der Waals surface area contributed by atoms with Crippen molar-refractivity contribution in [1.82, 2.24) is 15.6 Å². The average molecular weight is 537 g/mol. The number of ether oxygens (including phenoxy) is 2. The molecule has 0 spiro atoms. The van der Waals surface area contributed by atoms with Crippen molar-refractivity contribution in [3.63, 3.8) is 0 Å². The Morgan fingerprint density at radius 2 is 1.59 bits per heavy atom. The minimum absolute atomic E-state index is 0.136. The zero-order valence-electron chi connectivity index (χ0n) is 22.2. The molecule has 3 aromatic rings. The summed E-state index contributed by atoms with van der Waals surface area (Å²) in [5.41, 5.74) is 6.36. The fourth-order valence-electron chi connectivity index (χ4n) is 3.55. The number of nitrogens with one attached hydrogen (secondary N) is 2. The summed E-state index contributed by atoms with van der Waals surface area (Å²) in [5, 5.41) is 5.30. The molecule has 0 bridgehead atoms. The number of halogens is 1. The maximum absolute atomic E-state index is 13.1. The molecule has 0 aliphatic carbocycles. The minimum atomic E-state index is -0.882. The van der Waals surface area contributed by atoms with Gasteiger partial charge in [-0.25, -0.2) is 14.2 Å². The Kier molecular flexibility index (Phi) is 9.97. The maximum atomic E-state index is 13.1. The molecule has 0 saturated heterocycles. The molecule has 0 radical (unpaired) electrons. The number of hydrogen-bond acceptors (Lipinski definition) is 6. The van der Waals surface area contributed by atoms with Crippen LogP contribution in [0.15, 0.2) is 66.7 Å². The van der Waals surface area contributed by atoms with Crippen molar-refractivity contribution >= 4 is 17.9 Å². The smallest absolute Gasteiger partial charge is 0.407 e. The molecule has 1 atom stereocenters. The lowest BCUT2D eigenvalue weighted by Crippen LogP contribution is -2.44. The first-order chi connectivity index (χ1) is 18.5. The fraction of sp³-hybridized carbons (Fsp3) is 0.310. The Morgan fingerprint density at radius 3 is 2.21 bits per heavy atom. The average Bonchev–Trinajstić information content (AvgIpc) is 2.88. The third kappa shape index (κ3) is 9.73. The fourth-order valence-corrected chi connectivity index (χ4v) is 3.55. The molecule has 206 valence electrons. The molecule has 2 aromatic carbocycles. The van der Waals surface area contributed by atoms with Crippen molar-refractivity contribution in [3.8, 4) is 22.8 Å². The van der Waals surface area contributed by atoms with E-state index in [-0.39, 0.29) is 11.5 Å². The first kappa shape index (κ1) is 29.1. The number of pyridine rings is 1. The summed E-state index contributed by atoms with van der Waals surface area (Å²) in [6.07, 6.45) is 0.923. The number of nitrogens with zero attached hydrogens (tertiary/aromatic N) is 1. The summed E-state index contributed by atoms with van der Waals surface area (Å²) >= 11 is 0. The maximum Gasteiger partial charge on any atom is 0.407 e. The summed E-state index contributed by atoms with van der Waals surface area (Å²) < 4.78 is 24.0. The number of benzene rings is 2. The van der Waals surface area contributed by atoms with E-state index in [1.807, 2.05) is 0 Å². The van der Waals surface area contributed by atoms with E-state index in [1.165, 1.54) is 24.3 Å². The van der Waals surface area contributed by atoms with Crippen LogP contribution in [0.25, 0.3) is 11.3 Å². The van der Waals surface area contributed by atoms with Crippen molar-refractivity contribution in [2.75, 3.05) is 6.54 Å². The van der Waals surface area contributed by atoms with Gasteiger partial charge in [0.15, 0.2) is 0 Å². The van der Waals surface area contributed by atoms with Crippen molar-refractivity contribution in [1.29, 1.82) is 0 Å². The van der Waals surface area contributed by atoms with E-state index in [9.17, 15) is 18.8 Å². The molecular weight excluding hydrogens is 503 g/mol. The van der Waals surface area contributed by atoms with Crippen LogP contribution in [0, 0.1) is 5.82 Å². The van der Waals surface area contributed by atoms with Crippen molar-refractivity contribution in [3.05, 3.63) is 78.2 Å². The van der Waals surface area contributed by atoms with Crippen LogP contribution in [-0.2, 0) is 9.53 Å². The Balaban J connectivity index is 1.54. The van der Waals surface area contributed by atoms with Crippen molar-refractivity contribution < 1.29 is 28.2 Å². The van der Waals surface area contributed by atoms with E-state index in [0.717, 1.165) is 5.56 Å². The second-order valence-corrected chi connectivity index (χ2v) is 9.84. The van der Waals surface area contributed by atoms with Gasteiger partial charge < -0.3 is 25.8 Å². The molecule has 0 unspecified atom stereocenters. The zero-order chi connectivity index (χ0) is 28.4. The van der Waals surface area contributed by atoms with Crippen LogP contribution >= 0.6 is 0 Å². The molecule has 3 amide bonds. The van der Waals surface area contributed by atoms with Crippen LogP contribution in [-0.4, -0.2) is 41.1 Å². The molecule has 0 aliphatic heterocycles. The SMILES string of the molecule is CC(C)(C)OC(=O)NCCCC[C@H](NC(=O)c1cccc(-c2ccc(Oc3ccc(F)cc3)cc2)n1)C(N)=O. The van der Waals surface area contributed by atoms with Gasteiger partial charge in [-0.05, 0) is 101 Å². The lowest BCUT2D eigenvalue weighted by molar-refractivity contribution is -0.120. The standard InChI is InChI=1S/C29H33FN4O5/c1-29(2,3)39-28(37)32-18-5-4-7-24(26(31)35)34-27(36)25-9-6-8-23(33-25)19-10-14-21(15-11-19)38-22-16-12-20(30)13-17-22/h6,8-17,24H,4-5,7,18H2,1-3H3,(H2,31,35)(H,32,37)(H,34,36)/t24-/m0/s1. The van der Waals surface area contributed by atoms with Crippen LogP contribution < -0.4 is 21.1 Å². The zero-order valence-corrected chi connectivity index (χ0v) is 22.2. The highest BCUT2D eigenvalue weighted by Gasteiger charge is 2.20. The van der Waals surface area contributed by atoms with E-state index < -0.39 is 29.6 Å². The van der Waals surface area contributed by atoms with Crippen LogP contribution in [0.3, 0.4) is 0 Å². The summed E-state index contributed by atoms with van der Waals surface area (Å²) in [4.78, 5) is 40.9. The van der Waals surface area contributed by atoms with Crippen molar-refractivity contribution in [2.24, 2.45) is 5.73 Å². The molecule has 0 aliphatic rings. The topological polar surface area (TPSA) is 133 Å². The summed E-state index contributed by atoms with van der Waals surface area (Å²) in [6, 6.07) is 16.9. The van der Waals surface area contributed by atoms with Gasteiger partial charge >= 0.3 is 6.09 Å². The number of nitrogens with two attached hydrogens (primary N) is 1. The van der Waals surface area contributed by atoms with Gasteiger partial charge in [0.05, 0.1) is 5.69 Å². The lowest BCUT2D eigenvalue weighted by Gasteiger charge is -2.19. The monoisotopic (exact) mass is 536 g/mol. The molecule has 3 rings (SSSR count). The number of hydrogen-bond donors (Lipinski definition) is 3. The van der Waals surface area contributed by atoms with Gasteiger partial charge in [-0.2, -0.15) is 0 Å². The molecule has 10 heteroatoms. The number of amides is 3. The van der Waals surface area contributed by atoms with Gasteiger partial charge in [-0.1, -0.05) is 6.07 Å². The molecule has 4 N–H and O–H groups in total. The molecule has 9 nitrogen and oxygen atoms in total. The van der Waals surface area contributed by atoms with Gasteiger partial charge in [-0.15, -0.1) is 0 Å². The number of rotatable bonds is 11. The van der Waals surface area contributed by atoms with Gasteiger partial charge in [0.25, 0.3) is 5.91 Å². The molecule has 0 saturated carbocycles. The largest absolute Gasteiger partial charge is 0.457 e.